The maximum Gasteiger partial charge on any atom is 0.226 e. The van der Waals surface area contributed by atoms with E-state index in [1.807, 2.05) is 31.2 Å². The van der Waals surface area contributed by atoms with Gasteiger partial charge in [-0.1, -0.05) is 31.5 Å². The summed E-state index contributed by atoms with van der Waals surface area (Å²) in [6, 6.07) is 8.05. The Morgan fingerprint density at radius 1 is 1.32 bits per heavy atom. The van der Waals surface area contributed by atoms with E-state index in [4.69, 9.17) is 10.2 Å². The first kappa shape index (κ1) is 18.5. The van der Waals surface area contributed by atoms with Crippen LogP contribution in [0.15, 0.2) is 39.9 Å². The molecule has 1 heterocycles. The van der Waals surface area contributed by atoms with Crippen LogP contribution in [0.3, 0.4) is 0 Å². The van der Waals surface area contributed by atoms with E-state index in [1.54, 1.807) is 6.26 Å². The zero-order chi connectivity index (χ0) is 15.2. The number of hydrogen-bond donors (Lipinski definition) is 2. The van der Waals surface area contributed by atoms with Crippen molar-refractivity contribution >= 4 is 29.9 Å². The van der Waals surface area contributed by atoms with Crippen molar-refractivity contribution < 1.29 is 4.42 Å². The zero-order valence-electron chi connectivity index (χ0n) is 13.2. The molecule has 0 aliphatic rings. The second-order valence-electron chi connectivity index (χ2n) is 5.49. The molecule has 0 radical (unpaired) electrons. The van der Waals surface area contributed by atoms with E-state index in [0.29, 0.717) is 24.3 Å². The van der Waals surface area contributed by atoms with Crippen LogP contribution in [0.5, 0.6) is 0 Å². The van der Waals surface area contributed by atoms with Crippen molar-refractivity contribution in [2.75, 3.05) is 6.54 Å². The van der Waals surface area contributed by atoms with Crippen LogP contribution in [0.4, 0.5) is 0 Å². The summed E-state index contributed by atoms with van der Waals surface area (Å²) in [6.45, 7) is 7.50. The predicted molar refractivity (Wildman–Crippen MR) is 100 cm³/mol. The molecule has 22 heavy (non-hydrogen) atoms. The number of nitrogens with two attached hydrogens (primary N) is 1. The molecule has 1 aromatic heterocycles. The van der Waals surface area contributed by atoms with Crippen LogP contribution in [0, 0.1) is 12.8 Å². The summed E-state index contributed by atoms with van der Waals surface area (Å²) in [5.41, 5.74) is 8.72. The van der Waals surface area contributed by atoms with Crippen molar-refractivity contribution in [2.45, 2.75) is 27.3 Å². The molecule has 1 aromatic carbocycles. The van der Waals surface area contributed by atoms with Crippen LogP contribution >= 0.6 is 24.0 Å². The molecule has 2 aromatic rings. The van der Waals surface area contributed by atoms with Crippen molar-refractivity contribution in [2.24, 2.45) is 16.6 Å². The molecule has 0 atom stereocenters. The van der Waals surface area contributed by atoms with E-state index in [1.165, 1.54) is 5.56 Å². The molecule has 0 saturated heterocycles. The normalized spacial score (nSPS) is 11.4. The van der Waals surface area contributed by atoms with Crippen LogP contribution in [0.25, 0.3) is 11.5 Å². The first-order valence-electron chi connectivity index (χ1n) is 7.10. The number of aliphatic imine (C=N–C) groups is 1. The third-order valence-corrected chi connectivity index (χ3v) is 2.95. The molecule has 0 aliphatic carbocycles. The largest absolute Gasteiger partial charge is 0.444 e. The maximum atomic E-state index is 5.78. The fourth-order valence-corrected chi connectivity index (χ4v) is 1.74. The molecule has 5 nitrogen and oxygen atoms in total. The number of hydrogen-bond acceptors (Lipinski definition) is 3. The third-order valence-electron chi connectivity index (χ3n) is 2.95. The molecular weight excluding hydrogens is 391 g/mol. The molecule has 0 spiro atoms. The van der Waals surface area contributed by atoms with Crippen molar-refractivity contribution in [3.05, 3.63) is 41.8 Å². The van der Waals surface area contributed by atoms with Gasteiger partial charge in [0, 0.05) is 12.1 Å². The monoisotopic (exact) mass is 414 g/mol. The van der Waals surface area contributed by atoms with Crippen LogP contribution in [-0.2, 0) is 6.54 Å². The van der Waals surface area contributed by atoms with Crippen molar-refractivity contribution in [1.82, 2.24) is 10.3 Å². The highest BCUT2D eigenvalue weighted by atomic mass is 127. The minimum absolute atomic E-state index is 0. The van der Waals surface area contributed by atoms with Gasteiger partial charge in [-0.15, -0.1) is 24.0 Å². The second-order valence-corrected chi connectivity index (χ2v) is 5.49. The Labute approximate surface area is 148 Å². The Bertz CT molecular complexity index is 605. The highest BCUT2D eigenvalue weighted by Crippen LogP contribution is 2.19. The zero-order valence-corrected chi connectivity index (χ0v) is 15.5. The van der Waals surface area contributed by atoms with Crippen LogP contribution < -0.4 is 11.1 Å². The van der Waals surface area contributed by atoms with Gasteiger partial charge < -0.3 is 15.5 Å². The van der Waals surface area contributed by atoms with Crippen LogP contribution in [-0.4, -0.2) is 17.5 Å². The van der Waals surface area contributed by atoms with E-state index in [2.05, 4.69) is 29.1 Å². The first-order chi connectivity index (χ1) is 10.0. The highest BCUT2D eigenvalue weighted by molar-refractivity contribution is 14.0. The lowest BCUT2D eigenvalue weighted by atomic mass is 10.1. The van der Waals surface area contributed by atoms with Gasteiger partial charge in [-0.25, -0.2) is 9.98 Å². The molecule has 0 bridgehead atoms. The van der Waals surface area contributed by atoms with Gasteiger partial charge >= 0.3 is 0 Å². The number of rotatable bonds is 5. The molecule has 6 heteroatoms. The quantitative estimate of drug-likeness (QED) is 0.447. The molecule has 3 N–H and O–H groups in total. The van der Waals surface area contributed by atoms with E-state index in [9.17, 15) is 0 Å². The summed E-state index contributed by atoms with van der Waals surface area (Å²) < 4.78 is 5.48. The van der Waals surface area contributed by atoms with Gasteiger partial charge in [0.25, 0.3) is 0 Å². The number of oxazole rings is 1. The van der Waals surface area contributed by atoms with Gasteiger partial charge in [0.15, 0.2) is 5.96 Å². The summed E-state index contributed by atoms with van der Waals surface area (Å²) in [7, 11) is 0. The Hall–Kier alpha value is -1.57. The summed E-state index contributed by atoms with van der Waals surface area (Å²) >= 11 is 0. The van der Waals surface area contributed by atoms with E-state index in [-0.39, 0.29) is 24.0 Å². The summed E-state index contributed by atoms with van der Waals surface area (Å²) in [5, 5.41) is 3.07. The van der Waals surface area contributed by atoms with Gasteiger partial charge in [0.05, 0.1) is 6.54 Å². The Morgan fingerprint density at radius 3 is 2.64 bits per heavy atom. The number of nitrogens with zero attached hydrogens (tertiary/aromatic N) is 2. The molecule has 2 rings (SSSR count). The first-order valence-corrected chi connectivity index (χ1v) is 7.10. The minimum Gasteiger partial charge on any atom is -0.444 e. The number of halogens is 1. The summed E-state index contributed by atoms with van der Waals surface area (Å²) in [4.78, 5) is 8.67. The van der Waals surface area contributed by atoms with Crippen LogP contribution in [0.1, 0.15) is 25.1 Å². The van der Waals surface area contributed by atoms with E-state index in [0.717, 1.165) is 17.8 Å². The molecule has 0 amide bonds. The molecule has 0 aliphatic heterocycles. The maximum absolute atomic E-state index is 5.78. The minimum atomic E-state index is 0. The van der Waals surface area contributed by atoms with Gasteiger partial charge in [-0.2, -0.15) is 0 Å². The topological polar surface area (TPSA) is 76.4 Å². The number of aromatic nitrogens is 1. The van der Waals surface area contributed by atoms with Gasteiger partial charge in [-0.05, 0) is 25.0 Å². The number of benzene rings is 1. The standard InChI is InChI=1S/C16H22N4O.HI/c1-11(2)8-18-16(17)19-9-14-10-21-15(20-14)13-6-4-12(3)5-7-13;/h4-7,10-11H,8-9H2,1-3H3,(H3,17,18,19);1H. The fourth-order valence-electron chi connectivity index (χ4n) is 1.74. The molecule has 0 unspecified atom stereocenters. The van der Waals surface area contributed by atoms with Gasteiger partial charge in [0.1, 0.15) is 12.0 Å². The number of guanidine groups is 1. The number of aryl methyl sites for hydroxylation is 1. The average Bonchev–Trinajstić information content (AvgIpc) is 2.92. The molecule has 0 fully saturated rings. The lowest BCUT2D eigenvalue weighted by molar-refractivity contribution is 0.572. The van der Waals surface area contributed by atoms with Crippen molar-refractivity contribution in [3.63, 3.8) is 0 Å². The Morgan fingerprint density at radius 2 is 2.00 bits per heavy atom. The van der Waals surface area contributed by atoms with E-state index < -0.39 is 0 Å². The lowest BCUT2D eigenvalue weighted by Gasteiger charge is -2.07. The third kappa shape index (κ3) is 5.67. The SMILES string of the molecule is Cc1ccc(-c2nc(CN=C(N)NCC(C)C)co2)cc1.I. The van der Waals surface area contributed by atoms with Crippen molar-refractivity contribution in [3.8, 4) is 11.5 Å². The Balaban J connectivity index is 0.00000242. The highest BCUT2D eigenvalue weighted by Gasteiger charge is 2.06. The number of nitrogens with one attached hydrogen (secondary N) is 1. The van der Waals surface area contributed by atoms with Crippen LogP contribution in [0.2, 0.25) is 0 Å². The van der Waals surface area contributed by atoms with Gasteiger partial charge in [-0.3, -0.25) is 0 Å². The summed E-state index contributed by atoms with van der Waals surface area (Å²) in [6.07, 6.45) is 1.62. The fraction of sp³-hybridized carbons (Fsp3) is 0.375. The second kappa shape index (κ2) is 8.77. The predicted octanol–water partition coefficient (Wildman–Crippen LogP) is 3.33. The Kier molecular flexibility index (Phi) is 7.37. The average molecular weight is 414 g/mol. The molecule has 0 saturated carbocycles. The van der Waals surface area contributed by atoms with E-state index >= 15 is 0 Å². The summed E-state index contributed by atoms with van der Waals surface area (Å²) in [5.74, 6) is 1.57. The smallest absolute Gasteiger partial charge is 0.226 e. The lowest BCUT2D eigenvalue weighted by Crippen LogP contribution is -2.34. The van der Waals surface area contributed by atoms with Crippen molar-refractivity contribution in [1.29, 1.82) is 0 Å². The molecular formula is C16H23IN4O. The molecule has 120 valence electrons. The van der Waals surface area contributed by atoms with Gasteiger partial charge in [0.2, 0.25) is 5.89 Å².